The second-order valence-electron chi connectivity index (χ2n) is 7.29. The number of rotatable bonds is 3. The highest BCUT2D eigenvalue weighted by Crippen LogP contribution is 2.41. The van der Waals surface area contributed by atoms with Crippen LogP contribution in [-0.4, -0.2) is 14.5 Å². The lowest BCUT2D eigenvalue weighted by Gasteiger charge is -2.24. The first-order valence-electron chi connectivity index (χ1n) is 9.62. The predicted octanol–water partition coefficient (Wildman–Crippen LogP) is 2.28. The summed E-state index contributed by atoms with van der Waals surface area (Å²) in [7, 11) is 0. The summed E-state index contributed by atoms with van der Waals surface area (Å²) in [4.78, 5) is 29.2. The minimum atomic E-state index is -0.781. The first-order valence-corrected chi connectivity index (χ1v) is 9.62. The molecule has 0 aliphatic carbocycles. The smallest absolute Gasteiger partial charge is 0.328 e. The number of nitrogens with zero attached hydrogens (tertiary/aromatic N) is 2. The van der Waals surface area contributed by atoms with Crippen molar-refractivity contribution >= 4 is 10.9 Å². The van der Waals surface area contributed by atoms with Crippen LogP contribution >= 0.6 is 0 Å². The lowest BCUT2D eigenvalue weighted by atomic mass is 9.85. The lowest BCUT2D eigenvalue weighted by Crippen LogP contribution is -2.33. The quantitative estimate of drug-likeness (QED) is 0.476. The number of ether oxygens (including phenoxy) is 1. The van der Waals surface area contributed by atoms with Gasteiger partial charge in [-0.15, -0.1) is 0 Å². The summed E-state index contributed by atoms with van der Waals surface area (Å²) in [6.07, 6.45) is 1.92. The van der Waals surface area contributed by atoms with Crippen molar-refractivity contribution in [1.29, 1.82) is 5.26 Å². The average Bonchev–Trinajstić information content (AvgIpc) is 3.11. The summed E-state index contributed by atoms with van der Waals surface area (Å²) in [5, 5.41) is 10.7. The van der Waals surface area contributed by atoms with Gasteiger partial charge in [-0.25, -0.2) is 4.79 Å². The number of nitrogens with one attached hydrogen (secondary N) is 2. The fourth-order valence-electron chi connectivity index (χ4n) is 4.12. The van der Waals surface area contributed by atoms with E-state index >= 15 is 0 Å². The molecular formula is C23H17N5O3. The molecule has 0 fully saturated rings. The minimum Gasteiger partial charge on any atom is -0.424 e. The monoisotopic (exact) mass is 411 g/mol. The molecule has 0 saturated carbocycles. The Morgan fingerprint density at radius 1 is 1.06 bits per heavy atom. The van der Waals surface area contributed by atoms with Crippen LogP contribution in [0.1, 0.15) is 22.6 Å². The third-order valence-electron chi connectivity index (χ3n) is 5.44. The number of nitrogens with two attached hydrogens (primary N) is 1. The summed E-state index contributed by atoms with van der Waals surface area (Å²) in [6, 6.07) is 19.8. The van der Waals surface area contributed by atoms with Gasteiger partial charge in [0.25, 0.3) is 5.56 Å². The van der Waals surface area contributed by atoms with E-state index in [1.165, 1.54) is 0 Å². The molecule has 1 aliphatic rings. The Labute approximate surface area is 175 Å². The van der Waals surface area contributed by atoms with Gasteiger partial charge in [0.15, 0.2) is 0 Å². The Morgan fingerprint density at radius 3 is 2.58 bits per heavy atom. The molecule has 31 heavy (non-hydrogen) atoms. The number of para-hydroxylation sites is 1. The van der Waals surface area contributed by atoms with Gasteiger partial charge < -0.3 is 15.0 Å². The van der Waals surface area contributed by atoms with E-state index in [4.69, 9.17) is 10.5 Å². The fraction of sp³-hybridized carbons (Fsp3) is 0.0870. The van der Waals surface area contributed by atoms with E-state index < -0.39 is 17.2 Å². The number of hydrogen-bond acceptors (Lipinski definition) is 5. The van der Waals surface area contributed by atoms with Crippen molar-refractivity contribution < 1.29 is 4.74 Å². The molecule has 5 rings (SSSR count). The van der Waals surface area contributed by atoms with Crippen LogP contribution in [-0.2, 0) is 6.54 Å². The van der Waals surface area contributed by atoms with Gasteiger partial charge >= 0.3 is 5.69 Å². The van der Waals surface area contributed by atoms with Crippen LogP contribution in [0.15, 0.2) is 81.8 Å². The van der Waals surface area contributed by atoms with Crippen molar-refractivity contribution in [1.82, 2.24) is 14.5 Å². The van der Waals surface area contributed by atoms with Gasteiger partial charge in [-0.2, -0.15) is 5.26 Å². The number of allylic oxidation sites excluding steroid dienone is 1. The van der Waals surface area contributed by atoms with Gasteiger partial charge in [0.1, 0.15) is 11.6 Å². The maximum absolute atomic E-state index is 12.7. The largest absolute Gasteiger partial charge is 0.424 e. The maximum Gasteiger partial charge on any atom is 0.328 e. The van der Waals surface area contributed by atoms with Gasteiger partial charge in [-0.3, -0.25) is 14.8 Å². The van der Waals surface area contributed by atoms with Crippen molar-refractivity contribution in [3.8, 4) is 11.9 Å². The zero-order valence-corrected chi connectivity index (χ0v) is 16.3. The highest BCUT2D eigenvalue weighted by Gasteiger charge is 2.35. The van der Waals surface area contributed by atoms with Crippen LogP contribution in [0.5, 0.6) is 5.88 Å². The number of benzene rings is 2. The van der Waals surface area contributed by atoms with Gasteiger partial charge in [-0.1, -0.05) is 48.5 Å². The molecule has 152 valence electrons. The first-order chi connectivity index (χ1) is 15.1. The van der Waals surface area contributed by atoms with Crippen molar-refractivity contribution in [2.75, 3.05) is 0 Å². The number of aromatic nitrogens is 3. The summed E-state index contributed by atoms with van der Waals surface area (Å²) < 4.78 is 7.49. The Hall–Kier alpha value is -4.51. The molecule has 4 aromatic rings. The zero-order chi connectivity index (χ0) is 21.5. The molecule has 0 spiro atoms. The lowest BCUT2D eigenvalue weighted by molar-refractivity contribution is 0.373. The van der Waals surface area contributed by atoms with Crippen molar-refractivity contribution in [2.24, 2.45) is 5.73 Å². The van der Waals surface area contributed by atoms with Crippen molar-refractivity contribution in [2.45, 2.75) is 12.5 Å². The first kappa shape index (κ1) is 18.5. The number of hydrogen-bond donors (Lipinski definition) is 3. The molecule has 0 bridgehead atoms. The zero-order valence-electron chi connectivity index (χ0n) is 16.3. The number of fused-ring (bicyclic) bond motifs is 2. The van der Waals surface area contributed by atoms with Gasteiger partial charge in [0.05, 0.1) is 11.5 Å². The molecular weight excluding hydrogens is 394 g/mol. The molecule has 2 aromatic heterocycles. The summed E-state index contributed by atoms with van der Waals surface area (Å²) in [6.45, 7) is 0.612. The van der Waals surface area contributed by atoms with E-state index in [-0.39, 0.29) is 22.9 Å². The van der Waals surface area contributed by atoms with Crippen LogP contribution in [0, 0.1) is 11.3 Å². The third-order valence-corrected chi connectivity index (χ3v) is 5.44. The van der Waals surface area contributed by atoms with E-state index in [0.717, 1.165) is 22.0 Å². The number of nitriles is 1. The van der Waals surface area contributed by atoms with E-state index in [1.807, 2.05) is 60.8 Å². The normalized spacial score (nSPS) is 15.4. The van der Waals surface area contributed by atoms with Gasteiger partial charge in [0, 0.05) is 23.6 Å². The molecule has 0 radical (unpaired) electrons. The molecule has 3 heterocycles. The van der Waals surface area contributed by atoms with Gasteiger partial charge in [-0.05, 0) is 17.2 Å². The predicted molar refractivity (Wildman–Crippen MR) is 114 cm³/mol. The second-order valence-corrected chi connectivity index (χ2v) is 7.29. The third kappa shape index (κ3) is 3.00. The molecule has 1 unspecified atom stereocenters. The number of H-pyrrole nitrogens is 2. The van der Waals surface area contributed by atoms with Crippen LogP contribution in [0.4, 0.5) is 0 Å². The highest BCUT2D eigenvalue weighted by atomic mass is 16.5. The Morgan fingerprint density at radius 2 is 1.81 bits per heavy atom. The topological polar surface area (TPSA) is 130 Å². The maximum atomic E-state index is 12.7. The number of aromatic amines is 2. The molecule has 1 aliphatic heterocycles. The molecule has 0 saturated heterocycles. The summed E-state index contributed by atoms with van der Waals surface area (Å²) >= 11 is 0. The molecule has 8 heteroatoms. The summed E-state index contributed by atoms with van der Waals surface area (Å²) in [5.74, 6) is -0.965. The Balaban J connectivity index is 1.77. The Bertz CT molecular complexity index is 1500. The Kier molecular flexibility index (Phi) is 4.22. The highest BCUT2D eigenvalue weighted by molar-refractivity contribution is 5.86. The molecule has 4 N–H and O–H groups in total. The van der Waals surface area contributed by atoms with Crippen LogP contribution in [0.2, 0.25) is 0 Å². The minimum absolute atomic E-state index is 0.0462. The standard InChI is InChI=1S/C23H17N5O3/c24-10-15-18(19-21(29)26-23(30)27-22(19)31-20(15)25)16-12-28(11-13-6-2-1-3-7-13)17-9-5-4-8-14(16)17/h1-9,12,18H,11,25H2,(H2,26,27,29,30). The van der Waals surface area contributed by atoms with Crippen molar-refractivity contribution in [3.63, 3.8) is 0 Å². The molecule has 2 aromatic carbocycles. The molecule has 1 atom stereocenters. The summed E-state index contributed by atoms with van der Waals surface area (Å²) in [5.41, 5.74) is 7.73. The van der Waals surface area contributed by atoms with E-state index in [2.05, 4.69) is 20.6 Å². The van der Waals surface area contributed by atoms with E-state index in [0.29, 0.717) is 6.54 Å². The molecule has 0 amide bonds. The average molecular weight is 411 g/mol. The van der Waals surface area contributed by atoms with Crippen LogP contribution in [0.3, 0.4) is 0 Å². The molecule has 8 nitrogen and oxygen atoms in total. The van der Waals surface area contributed by atoms with Crippen molar-refractivity contribution in [3.05, 3.63) is 110 Å². The van der Waals surface area contributed by atoms with Gasteiger partial charge in [0.2, 0.25) is 11.8 Å². The van der Waals surface area contributed by atoms with Crippen LogP contribution in [0.25, 0.3) is 10.9 Å². The van der Waals surface area contributed by atoms with E-state index in [1.54, 1.807) is 0 Å². The van der Waals surface area contributed by atoms with E-state index in [9.17, 15) is 14.9 Å². The fourth-order valence-corrected chi connectivity index (χ4v) is 4.12. The SMILES string of the molecule is N#CC1=C(N)Oc2[nH]c(=O)[nH]c(=O)c2C1c1cn(Cc2ccccc2)c2ccccc12. The second kappa shape index (κ2) is 7.07. The van der Waals surface area contributed by atoms with Crippen LogP contribution < -0.4 is 21.7 Å².